The van der Waals surface area contributed by atoms with Gasteiger partial charge < -0.3 is 9.73 Å². The summed E-state index contributed by atoms with van der Waals surface area (Å²) in [5.41, 5.74) is 0.278. The Bertz CT molecular complexity index is 1180. The summed E-state index contributed by atoms with van der Waals surface area (Å²) in [4.78, 5) is 25.4. The highest BCUT2D eigenvalue weighted by Crippen LogP contribution is 2.25. The molecule has 0 bridgehead atoms. The number of amides is 1. The first-order chi connectivity index (χ1) is 12.1. The molecule has 0 aliphatic rings. The van der Waals surface area contributed by atoms with Crippen LogP contribution in [0.5, 0.6) is 0 Å². The number of para-hydroxylation sites is 1. The van der Waals surface area contributed by atoms with Crippen LogP contribution < -0.4 is 10.9 Å². The second kappa shape index (κ2) is 6.11. The number of benzene rings is 3. The third-order valence-corrected chi connectivity index (χ3v) is 4.43. The van der Waals surface area contributed by atoms with Crippen LogP contribution in [-0.2, 0) is 0 Å². The fourth-order valence-electron chi connectivity index (χ4n) is 2.80. The van der Waals surface area contributed by atoms with E-state index in [2.05, 4.69) is 17.9 Å². The van der Waals surface area contributed by atoms with Gasteiger partial charge >= 0.3 is 5.63 Å². The van der Waals surface area contributed by atoms with E-state index in [1.165, 1.54) is 0 Å². The quantitative estimate of drug-likeness (QED) is 0.319. The lowest BCUT2D eigenvalue weighted by Gasteiger charge is -2.08. The Morgan fingerprint density at radius 2 is 1.68 bits per heavy atom. The average Bonchev–Trinajstić information content (AvgIpc) is 2.62. The largest absolute Gasteiger partial charge is 0.422 e. The van der Waals surface area contributed by atoms with Crippen molar-refractivity contribution in [3.63, 3.8) is 0 Å². The van der Waals surface area contributed by atoms with Gasteiger partial charge in [-0.2, -0.15) is 0 Å². The third kappa shape index (κ3) is 2.79. The van der Waals surface area contributed by atoms with Gasteiger partial charge in [0, 0.05) is 10.3 Å². The maximum Gasteiger partial charge on any atom is 0.349 e. The minimum absolute atomic E-state index is 0.0413. The van der Waals surface area contributed by atoms with Crippen LogP contribution in [0.2, 0.25) is 0 Å². The summed E-state index contributed by atoms with van der Waals surface area (Å²) in [5.74, 6) is -0.523. The topological polar surface area (TPSA) is 59.3 Å². The molecule has 122 valence electrons. The molecule has 0 aliphatic carbocycles. The Hall–Kier alpha value is -3.05. The van der Waals surface area contributed by atoms with Gasteiger partial charge in [0.15, 0.2) is 0 Å². The van der Waals surface area contributed by atoms with Crippen LogP contribution in [-0.4, -0.2) is 5.91 Å². The van der Waals surface area contributed by atoms with Crippen LogP contribution in [0, 0.1) is 0 Å². The van der Waals surface area contributed by atoms with Crippen molar-refractivity contribution >= 4 is 46.0 Å². The molecule has 25 heavy (non-hydrogen) atoms. The number of carbonyl (C=O) groups is 1. The summed E-state index contributed by atoms with van der Waals surface area (Å²) in [6.07, 6.45) is 0. The average molecular weight is 347 g/mol. The van der Waals surface area contributed by atoms with Crippen LogP contribution in [0.25, 0.3) is 21.7 Å². The first-order valence-electron chi connectivity index (χ1n) is 7.68. The number of hydrogen-bond donors (Lipinski definition) is 2. The summed E-state index contributed by atoms with van der Waals surface area (Å²) < 4.78 is 5.35. The van der Waals surface area contributed by atoms with E-state index < -0.39 is 11.5 Å². The highest BCUT2D eigenvalue weighted by Gasteiger charge is 2.16. The van der Waals surface area contributed by atoms with E-state index in [0.717, 1.165) is 16.2 Å². The van der Waals surface area contributed by atoms with Crippen LogP contribution >= 0.6 is 12.6 Å². The maximum absolute atomic E-state index is 12.6. The van der Waals surface area contributed by atoms with E-state index in [1.807, 2.05) is 36.4 Å². The van der Waals surface area contributed by atoms with E-state index in [0.29, 0.717) is 16.2 Å². The van der Waals surface area contributed by atoms with Gasteiger partial charge in [-0.05, 0) is 35.0 Å². The van der Waals surface area contributed by atoms with Crippen molar-refractivity contribution in [1.29, 1.82) is 0 Å². The minimum Gasteiger partial charge on any atom is -0.422 e. The van der Waals surface area contributed by atoms with Crippen molar-refractivity contribution in [3.8, 4) is 0 Å². The molecule has 1 amide bonds. The lowest BCUT2D eigenvalue weighted by molar-refractivity contribution is 0.102. The molecule has 0 atom stereocenters. The monoisotopic (exact) mass is 347 g/mol. The summed E-state index contributed by atoms with van der Waals surface area (Å²) in [6.45, 7) is 0. The molecule has 0 saturated carbocycles. The van der Waals surface area contributed by atoms with Crippen molar-refractivity contribution in [2.24, 2.45) is 0 Å². The summed E-state index contributed by atoms with van der Waals surface area (Å²) in [5, 5.41) is 5.36. The zero-order chi connectivity index (χ0) is 17.4. The summed E-state index contributed by atoms with van der Waals surface area (Å²) >= 11 is 4.30. The predicted octanol–water partition coefficient (Wildman–Crippen LogP) is 4.49. The van der Waals surface area contributed by atoms with E-state index in [9.17, 15) is 9.59 Å². The molecule has 4 nitrogen and oxygen atoms in total. The Labute approximate surface area is 148 Å². The van der Waals surface area contributed by atoms with Crippen LogP contribution in [0.4, 0.5) is 5.69 Å². The minimum atomic E-state index is -0.670. The molecule has 0 spiro atoms. The molecule has 0 saturated heterocycles. The second-order valence-electron chi connectivity index (χ2n) is 5.62. The second-order valence-corrected chi connectivity index (χ2v) is 6.10. The van der Waals surface area contributed by atoms with Gasteiger partial charge in [0.05, 0.1) is 5.69 Å². The number of hydrogen-bond acceptors (Lipinski definition) is 4. The standard InChI is InChI=1S/C20H13NO3S/c22-19(21-16-7-3-4-8-18(16)25)15-11-14-13-6-2-1-5-12(13)9-10-17(14)24-20(15)23/h1-11,25H,(H,21,22). The van der Waals surface area contributed by atoms with Crippen molar-refractivity contribution < 1.29 is 9.21 Å². The SMILES string of the molecule is O=C(Nc1ccccc1S)c1cc2c(ccc3ccccc32)oc1=O. The molecule has 4 rings (SSSR count). The summed E-state index contributed by atoms with van der Waals surface area (Å²) in [7, 11) is 0. The summed E-state index contributed by atoms with van der Waals surface area (Å²) in [6, 6.07) is 20.0. The fourth-order valence-corrected chi connectivity index (χ4v) is 3.02. The Kier molecular flexibility index (Phi) is 3.78. The molecule has 0 aliphatic heterocycles. The lowest BCUT2D eigenvalue weighted by Crippen LogP contribution is -2.20. The zero-order valence-corrected chi connectivity index (χ0v) is 13.9. The van der Waals surface area contributed by atoms with Crippen molar-refractivity contribution in [2.45, 2.75) is 4.90 Å². The van der Waals surface area contributed by atoms with Gasteiger partial charge in [-0.3, -0.25) is 4.79 Å². The highest BCUT2D eigenvalue weighted by molar-refractivity contribution is 7.80. The van der Waals surface area contributed by atoms with Crippen LogP contribution in [0.15, 0.2) is 80.8 Å². The zero-order valence-electron chi connectivity index (χ0n) is 13.0. The van der Waals surface area contributed by atoms with Crippen LogP contribution in [0.1, 0.15) is 10.4 Å². The first-order valence-corrected chi connectivity index (χ1v) is 8.13. The first kappa shape index (κ1) is 15.5. The van der Waals surface area contributed by atoms with Gasteiger partial charge in [0.25, 0.3) is 5.91 Å². The lowest BCUT2D eigenvalue weighted by atomic mass is 10.0. The van der Waals surface area contributed by atoms with E-state index in [1.54, 1.807) is 30.3 Å². The molecule has 3 aromatic carbocycles. The normalized spacial score (nSPS) is 10.9. The van der Waals surface area contributed by atoms with Gasteiger partial charge in [0.2, 0.25) is 0 Å². The molecule has 0 radical (unpaired) electrons. The Morgan fingerprint density at radius 1 is 0.920 bits per heavy atom. The van der Waals surface area contributed by atoms with Gasteiger partial charge in [-0.15, -0.1) is 12.6 Å². The number of carbonyl (C=O) groups excluding carboxylic acids is 1. The molecule has 1 N–H and O–H groups in total. The van der Waals surface area contributed by atoms with Gasteiger partial charge in [-0.25, -0.2) is 4.79 Å². The fraction of sp³-hybridized carbons (Fsp3) is 0. The molecule has 0 fully saturated rings. The highest BCUT2D eigenvalue weighted by atomic mass is 32.1. The predicted molar refractivity (Wildman–Crippen MR) is 102 cm³/mol. The Morgan fingerprint density at radius 3 is 2.52 bits per heavy atom. The number of nitrogens with one attached hydrogen (secondary N) is 1. The van der Waals surface area contributed by atoms with Crippen molar-refractivity contribution in [3.05, 3.63) is 82.7 Å². The van der Waals surface area contributed by atoms with Gasteiger partial charge in [0.1, 0.15) is 11.1 Å². The molecule has 1 heterocycles. The molecule has 4 aromatic rings. The number of rotatable bonds is 2. The maximum atomic E-state index is 12.6. The van der Waals surface area contributed by atoms with Crippen LogP contribution in [0.3, 0.4) is 0 Å². The Balaban J connectivity index is 1.85. The number of fused-ring (bicyclic) bond motifs is 3. The van der Waals surface area contributed by atoms with Gasteiger partial charge in [-0.1, -0.05) is 42.5 Å². The molecular formula is C20H13NO3S. The van der Waals surface area contributed by atoms with E-state index >= 15 is 0 Å². The van der Waals surface area contributed by atoms with Crippen molar-refractivity contribution in [2.75, 3.05) is 5.32 Å². The smallest absolute Gasteiger partial charge is 0.349 e. The van der Waals surface area contributed by atoms with Crippen molar-refractivity contribution in [1.82, 2.24) is 0 Å². The number of thiol groups is 1. The molecule has 0 unspecified atom stereocenters. The third-order valence-electron chi connectivity index (χ3n) is 4.04. The molecular weight excluding hydrogens is 334 g/mol. The van der Waals surface area contributed by atoms with E-state index in [4.69, 9.17) is 4.42 Å². The van der Waals surface area contributed by atoms with E-state index in [-0.39, 0.29) is 5.56 Å². The number of anilines is 1. The molecule has 1 aromatic heterocycles. The molecule has 5 heteroatoms.